The zero-order chi connectivity index (χ0) is 13.8. The van der Waals surface area contributed by atoms with Gasteiger partial charge in [-0.2, -0.15) is 0 Å². The number of hydrogen-bond donors (Lipinski definition) is 1. The number of hydrogen-bond acceptors (Lipinski definition) is 4. The molecule has 1 saturated carbocycles. The molecule has 0 aromatic heterocycles. The zero-order valence-corrected chi connectivity index (χ0v) is 10.6. The predicted molar refractivity (Wildman–Crippen MR) is 69.4 cm³/mol. The molecule has 5 heteroatoms. The quantitative estimate of drug-likeness (QED) is 0.663. The Hall–Kier alpha value is -1.75. The molecular weight excluding hydrogens is 246 g/mol. The van der Waals surface area contributed by atoms with Crippen molar-refractivity contribution < 1.29 is 14.8 Å². The molecule has 1 aromatic carbocycles. The van der Waals surface area contributed by atoms with Crippen molar-refractivity contribution in [1.82, 2.24) is 0 Å². The maximum atomic E-state index is 12.0. The summed E-state index contributed by atoms with van der Waals surface area (Å²) in [5, 5.41) is 20.6. The highest BCUT2D eigenvalue weighted by atomic mass is 16.6. The molecule has 0 amide bonds. The summed E-state index contributed by atoms with van der Waals surface area (Å²) >= 11 is 0. The lowest BCUT2D eigenvalue weighted by Crippen LogP contribution is -2.35. The number of rotatable bonds is 4. The molecule has 2 rings (SSSR count). The van der Waals surface area contributed by atoms with Crippen LogP contribution in [0.4, 0.5) is 0 Å². The molecule has 0 unspecified atom stereocenters. The molecule has 0 radical (unpaired) electrons. The van der Waals surface area contributed by atoms with E-state index in [-0.39, 0.29) is 17.3 Å². The van der Waals surface area contributed by atoms with E-state index in [1.807, 2.05) is 30.3 Å². The van der Waals surface area contributed by atoms with Crippen LogP contribution in [0.3, 0.4) is 0 Å². The van der Waals surface area contributed by atoms with Gasteiger partial charge in [0.2, 0.25) is 6.54 Å². The molecule has 0 spiro atoms. The number of nitro groups is 1. The molecule has 0 saturated heterocycles. The van der Waals surface area contributed by atoms with E-state index in [0.717, 1.165) is 5.56 Å². The van der Waals surface area contributed by atoms with E-state index in [2.05, 4.69) is 0 Å². The van der Waals surface area contributed by atoms with Crippen LogP contribution in [-0.4, -0.2) is 28.5 Å². The number of nitrogens with zero attached hydrogens (tertiary/aromatic N) is 1. The van der Waals surface area contributed by atoms with Gasteiger partial charge in [-0.3, -0.25) is 14.9 Å². The molecule has 1 aromatic rings. The largest absolute Gasteiger partial charge is 0.393 e. The van der Waals surface area contributed by atoms with Crippen molar-refractivity contribution >= 4 is 5.78 Å². The summed E-state index contributed by atoms with van der Waals surface area (Å²) in [6, 6.07) is 9.08. The Bertz CT molecular complexity index is 460. The Morgan fingerprint density at radius 3 is 2.68 bits per heavy atom. The molecule has 0 bridgehead atoms. The summed E-state index contributed by atoms with van der Waals surface area (Å²) in [7, 11) is 0. The molecule has 0 aliphatic heterocycles. The van der Waals surface area contributed by atoms with Crippen molar-refractivity contribution in [2.24, 2.45) is 5.92 Å². The van der Waals surface area contributed by atoms with Gasteiger partial charge in [-0.1, -0.05) is 30.3 Å². The Kier molecular flexibility index (Phi) is 4.27. The van der Waals surface area contributed by atoms with Gasteiger partial charge in [0.15, 0.2) is 0 Å². The van der Waals surface area contributed by atoms with Gasteiger partial charge in [0.25, 0.3) is 0 Å². The van der Waals surface area contributed by atoms with Gasteiger partial charge in [-0.15, -0.1) is 0 Å². The zero-order valence-electron chi connectivity index (χ0n) is 10.6. The molecule has 1 fully saturated rings. The minimum Gasteiger partial charge on any atom is -0.393 e. The number of carbonyl (C=O) groups is 1. The van der Waals surface area contributed by atoms with Crippen molar-refractivity contribution in [1.29, 1.82) is 0 Å². The summed E-state index contributed by atoms with van der Waals surface area (Å²) in [5.41, 5.74) is 0.798. The first-order valence-electron chi connectivity index (χ1n) is 6.45. The third-order valence-electron chi connectivity index (χ3n) is 3.72. The molecule has 1 N–H and O–H groups in total. The Morgan fingerprint density at radius 1 is 1.37 bits per heavy atom. The molecule has 3 atom stereocenters. The fourth-order valence-corrected chi connectivity index (χ4v) is 2.75. The SMILES string of the molecule is O=C1CC[C@H](O)C[C@H]1[C@@H](C[N+](=O)[O-])c1ccccc1. The van der Waals surface area contributed by atoms with Gasteiger partial charge in [0.05, 0.1) is 12.0 Å². The highest BCUT2D eigenvalue weighted by molar-refractivity contribution is 5.82. The van der Waals surface area contributed by atoms with Crippen molar-refractivity contribution in [3.63, 3.8) is 0 Å². The normalized spacial score (nSPS) is 25.0. The lowest BCUT2D eigenvalue weighted by Gasteiger charge is -2.29. The molecule has 1 aliphatic rings. The van der Waals surface area contributed by atoms with Gasteiger partial charge in [-0.25, -0.2) is 0 Å². The first-order valence-corrected chi connectivity index (χ1v) is 6.45. The second-order valence-electron chi connectivity index (χ2n) is 5.03. The van der Waals surface area contributed by atoms with E-state index < -0.39 is 17.9 Å². The number of benzene rings is 1. The summed E-state index contributed by atoms with van der Waals surface area (Å²) in [4.78, 5) is 22.5. The van der Waals surface area contributed by atoms with Crippen LogP contribution in [0.5, 0.6) is 0 Å². The highest BCUT2D eigenvalue weighted by Crippen LogP contribution is 2.34. The third-order valence-corrected chi connectivity index (χ3v) is 3.72. The molecular formula is C14H17NO4. The van der Waals surface area contributed by atoms with Crippen LogP contribution in [0.15, 0.2) is 30.3 Å². The molecule has 0 heterocycles. The summed E-state index contributed by atoms with van der Waals surface area (Å²) in [5.74, 6) is -0.865. The Labute approximate surface area is 111 Å². The number of aliphatic hydroxyl groups is 1. The van der Waals surface area contributed by atoms with E-state index in [4.69, 9.17) is 0 Å². The fraction of sp³-hybridized carbons (Fsp3) is 0.500. The summed E-state index contributed by atoms with van der Waals surface area (Å²) in [6.07, 6.45) is 0.578. The average molecular weight is 263 g/mol. The van der Waals surface area contributed by atoms with Gasteiger partial charge < -0.3 is 5.11 Å². The molecule has 19 heavy (non-hydrogen) atoms. The standard InChI is InChI=1S/C14H17NO4/c16-11-6-7-14(17)12(8-11)13(9-15(18)19)10-4-2-1-3-5-10/h1-5,11-13,16H,6-9H2/t11-,12-,13-/m0/s1. The lowest BCUT2D eigenvalue weighted by molar-refractivity contribution is -0.484. The van der Waals surface area contributed by atoms with Crippen molar-refractivity contribution in [3.8, 4) is 0 Å². The molecule has 102 valence electrons. The first kappa shape index (κ1) is 13.7. The van der Waals surface area contributed by atoms with Crippen LogP contribution in [0.1, 0.15) is 30.7 Å². The van der Waals surface area contributed by atoms with Crippen LogP contribution < -0.4 is 0 Å². The fourth-order valence-electron chi connectivity index (χ4n) is 2.75. The van der Waals surface area contributed by atoms with Crippen molar-refractivity contribution in [2.75, 3.05) is 6.54 Å². The Balaban J connectivity index is 2.26. The minimum atomic E-state index is -0.527. The summed E-state index contributed by atoms with van der Waals surface area (Å²) in [6.45, 7) is -0.271. The maximum Gasteiger partial charge on any atom is 0.211 e. The van der Waals surface area contributed by atoms with Gasteiger partial charge in [0.1, 0.15) is 5.78 Å². The van der Waals surface area contributed by atoms with Crippen LogP contribution >= 0.6 is 0 Å². The van der Waals surface area contributed by atoms with Crippen LogP contribution in [0.2, 0.25) is 0 Å². The second kappa shape index (κ2) is 5.93. The number of carbonyl (C=O) groups excluding carboxylic acids is 1. The number of aliphatic hydroxyl groups excluding tert-OH is 1. The van der Waals surface area contributed by atoms with E-state index in [0.29, 0.717) is 19.3 Å². The monoisotopic (exact) mass is 263 g/mol. The third kappa shape index (κ3) is 3.38. The highest BCUT2D eigenvalue weighted by Gasteiger charge is 2.37. The van der Waals surface area contributed by atoms with Crippen LogP contribution in [0, 0.1) is 16.0 Å². The maximum absolute atomic E-state index is 12.0. The van der Waals surface area contributed by atoms with Gasteiger partial charge in [-0.05, 0) is 18.4 Å². The van der Waals surface area contributed by atoms with Crippen LogP contribution in [-0.2, 0) is 4.79 Å². The van der Waals surface area contributed by atoms with Crippen molar-refractivity contribution in [2.45, 2.75) is 31.3 Å². The smallest absolute Gasteiger partial charge is 0.211 e. The van der Waals surface area contributed by atoms with Gasteiger partial charge >= 0.3 is 0 Å². The minimum absolute atomic E-state index is 0.0287. The average Bonchev–Trinajstić information content (AvgIpc) is 2.40. The van der Waals surface area contributed by atoms with Crippen LogP contribution in [0.25, 0.3) is 0 Å². The molecule has 1 aliphatic carbocycles. The first-order chi connectivity index (χ1) is 9.08. The number of Topliss-reactive ketones (excluding diaryl/α,β-unsaturated/α-hetero) is 1. The second-order valence-corrected chi connectivity index (χ2v) is 5.03. The van der Waals surface area contributed by atoms with E-state index in [9.17, 15) is 20.0 Å². The van der Waals surface area contributed by atoms with E-state index >= 15 is 0 Å². The lowest BCUT2D eigenvalue weighted by atomic mass is 9.75. The van der Waals surface area contributed by atoms with E-state index in [1.54, 1.807) is 0 Å². The van der Waals surface area contributed by atoms with E-state index in [1.165, 1.54) is 0 Å². The number of ketones is 1. The topological polar surface area (TPSA) is 80.4 Å². The van der Waals surface area contributed by atoms with Gasteiger partial charge in [0, 0.05) is 17.3 Å². The Morgan fingerprint density at radius 2 is 2.05 bits per heavy atom. The summed E-state index contributed by atoms with van der Waals surface area (Å²) < 4.78 is 0. The molecule has 5 nitrogen and oxygen atoms in total. The predicted octanol–water partition coefficient (Wildman–Crippen LogP) is 1.78. The van der Waals surface area contributed by atoms with Crippen molar-refractivity contribution in [3.05, 3.63) is 46.0 Å².